The number of morpholine rings is 1. The Bertz CT molecular complexity index is 246. The van der Waals surface area contributed by atoms with Crippen molar-refractivity contribution in [1.29, 1.82) is 0 Å². The topological polar surface area (TPSA) is 36.9 Å². The molecule has 4 nitrogen and oxygen atoms in total. The molecule has 2 heterocycles. The smallest absolute Gasteiger partial charge is 0.128 e. The third-order valence-electron chi connectivity index (χ3n) is 2.08. The largest absolute Gasteiger partial charge is 0.378 e. The van der Waals surface area contributed by atoms with Crippen LogP contribution in [0.5, 0.6) is 0 Å². The highest BCUT2D eigenvalue weighted by Crippen LogP contribution is 2.07. The van der Waals surface area contributed by atoms with Gasteiger partial charge in [-0.3, -0.25) is 0 Å². The van der Waals surface area contributed by atoms with Gasteiger partial charge in [-0.1, -0.05) is 11.6 Å². The van der Waals surface area contributed by atoms with Gasteiger partial charge in [0.2, 0.25) is 0 Å². The van der Waals surface area contributed by atoms with Crippen LogP contribution in [0.2, 0.25) is 0 Å². The van der Waals surface area contributed by atoms with E-state index >= 15 is 0 Å². The molecular formula is C8H12ClN3O. The first kappa shape index (κ1) is 8.84. The Balaban J connectivity index is 2.02. The summed E-state index contributed by atoms with van der Waals surface area (Å²) >= 11 is 5.84. The maximum Gasteiger partial charge on any atom is 0.128 e. The molecule has 0 saturated carbocycles. The van der Waals surface area contributed by atoms with Gasteiger partial charge in [-0.2, -0.15) is 0 Å². The van der Waals surface area contributed by atoms with E-state index in [4.69, 9.17) is 16.3 Å². The van der Waals surface area contributed by atoms with Gasteiger partial charge in [0.15, 0.2) is 0 Å². The molecule has 0 radical (unpaired) electrons. The number of ether oxygens (including phenoxy) is 1. The minimum Gasteiger partial charge on any atom is -0.378 e. The van der Waals surface area contributed by atoms with Crippen molar-refractivity contribution in [1.82, 2.24) is 10.2 Å². The molecule has 0 spiro atoms. The van der Waals surface area contributed by atoms with Gasteiger partial charge >= 0.3 is 0 Å². The Morgan fingerprint density at radius 1 is 1.46 bits per heavy atom. The van der Waals surface area contributed by atoms with E-state index in [-0.39, 0.29) is 0 Å². The fraction of sp³-hybridized carbons (Fsp3) is 0.625. The Hall–Kier alpha value is -0.740. The van der Waals surface area contributed by atoms with E-state index in [0.717, 1.165) is 32.1 Å². The molecule has 1 fully saturated rings. The number of amidine groups is 1. The number of nitrogens with one attached hydrogen (secondary N) is 1. The summed E-state index contributed by atoms with van der Waals surface area (Å²) < 4.78 is 5.25. The molecule has 1 N–H and O–H groups in total. The van der Waals surface area contributed by atoms with E-state index in [9.17, 15) is 0 Å². The summed E-state index contributed by atoms with van der Waals surface area (Å²) in [7, 11) is 0. The molecule has 13 heavy (non-hydrogen) atoms. The normalized spacial score (nSPS) is 23.3. The molecule has 0 atom stereocenters. The SMILES string of the molecule is ClC1=CC(N2CCOCC2)=NCN1. The van der Waals surface area contributed by atoms with E-state index in [2.05, 4.69) is 15.2 Å². The van der Waals surface area contributed by atoms with E-state index in [0.29, 0.717) is 11.8 Å². The van der Waals surface area contributed by atoms with Gasteiger partial charge in [0.1, 0.15) is 17.7 Å². The fourth-order valence-electron chi connectivity index (χ4n) is 1.39. The lowest BCUT2D eigenvalue weighted by Crippen LogP contribution is -2.41. The highest BCUT2D eigenvalue weighted by atomic mass is 35.5. The second-order valence-corrected chi connectivity index (χ2v) is 3.35. The summed E-state index contributed by atoms with van der Waals surface area (Å²) in [5.41, 5.74) is 0. The molecule has 2 rings (SSSR count). The zero-order valence-electron chi connectivity index (χ0n) is 7.29. The van der Waals surface area contributed by atoms with Crippen molar-refractivity contribution in [3.63, 3.8) is 0 Å². The van der Waals surface area contributed by atoms with Crippen LogP contribution in [0.4, 0.5) is 0 Å². The van der Waals surface area contributed by atoms with Crippen molar-refractivity contribution >= 4 is 17.4 Å². The Morgan fingerprint density at radius 3 is 2.92 bits per heavy atom. The minimum atomic E-state index is 0.571. The number of halogens is 1. The van der Waals surface area contributed by atoms with Gasteiger partial charge in [0.25, 0.3) is 0 Å². The Labute approximate surface area is 82.2 Å². The van der Waals surface area contributed by atoms with E-state index in [1.54, 1.807) is 0 Å². The molecule has 0 amide bonds. The summed E-state index contributed by atoms with van der Waals surface area (Å²) in [6.07, 6.45) is 1.86. The van der Waals surface area contributed by atoms with Crippen molar-refractivity contribution in [3.8, 4) is 0 Å². The molecule has 1 saturated heterocycles. The van der Waals surface area contributed by atoms with Crippen LogP contribution in [0.25, 0.3) is 0 Å². The van der Waals surface area contributed by atoms with Crippen molar-refractivity contribution < 1.29 is 4.74 Å². The van der Waals surface area contributed by atoms with Gasteiger partial charge in [-0.15, -0.1) is 0 Å². The van der Waals surface area contributed by atoms with Gasteiger partial charge in [0, 0.05) is 19.2 Å². The zero-order chi connectivity index (χ0) is 9.10. The molecule has 0 aromatic rings. The molecule has 2 aliphatic rings. The number of aliphatic imine (C=N–C) groups is 1. The molecule has 0 unspecified atom stereocenters. The second-order valence-electron chi connectivity index (χ2n) is 2.94. The zero-order valence-corrected chi connectivity index (χ0v) is 8.05. The average molecular weight is 202 g/mol. The van der Waals surface area contributed by atoms with Gasteiger partial charge in [0.05, 0.1) is 13.2 Å². The summed E-state index contributed by atoms with van der Waals surface area (Å²) in [6.45, 7) is 3.93. The maximum atomic E-state index is 5.84. The first-order valence-corrected chi connectivity index (χ1v) is 4.72. The van der Waals surface area contributed by atoms with Gasteiger partial charge in [-0.25, -0.2) is 4.99 Å². The molecule has 72 valence electrons. The van der Waals surface area contributed by atoms with Crippen molar-refractivity contribution in [2.45, 2.75) is 0 Å². The number of rotatable bonds is 0. The third-order valence-corrected chi connectivity index (χ3v) is 2.32. The van der Waals surface area contributed by atoms with Crippen molar-refractivity contribution in [2.75, 3.05) is 33.0 Å². The van der Waals surface area contributed by atoms with Gasteiger partial charge < -0.3 is 15.0 Å². The lowest BCUT2D eigenvalue weighted by atomic mass is 10.3. The second kappa shape index (κ2) is 3.98. The average Bonchev–Trinajstić information content (AvgIpc) is 2.19. The monoisotopic (exact) mass is 201 g/mol. The molecular weight excluding hydrogens is 190 g/mol. The van der Waals surface area contributed by atoms with E-state index < -0.39 is 0 Å². The highest BCUT2D eigenvalue weighted by Gasteiger charge is 2.15. The van der Waals surface area contributed by atoms with Crippen LogP contribution in [0.15, 0.2) is 16.2 Å². The number of hydrogen-bond donors (Lipinski definition) is 1. The molecule has 0 aromatic carbocycles. The van der Waals surface area contributed by atoms with Crippen LogP contribution >= 0.6 is 11.6 Å². The standard InChI is InChI=1S/C8H12ClN3O/c9-7-5-8(11-6-10-7)12-1-3-13-4-2-12/h5,10H,1-4,6H2. The lowest BCUT2D eigenvalue weighted by molar-refractivity contribution is 0.0682. The molecule has 0 aromatic heterocycles. The van der Waals surface area contributed by atoms with Crippen LogP contribution in [-0.2, 0) is 4.74 Å². The summed E-state index contributed by atoms with van der Waals surface area (Å²) in [6, 6.07) is 0. The molecule has 0 aliphatic carbocycles. The Kier molecular flexibility index (Phi) is 2.71. The maximum absolute atomic E-state index is 5.84. The predicted octanol–water partition coefficient (Wildman–Crippen LogP) is 0.358. The van der Waals surface area contributed by atoms with Crippen LogP contribution in [-0.4, -0.2) is 43.7 Å². The molecule has 2 aliphatic heterocycles. The lowest BCUT2D eigenvalue weighted by Gasteiger charge is -2.29. The Morgan fingerprint density at radius 2 is 2.23 bits per heavy atom. The van der Waals surface area contributed by atoms with E-state index in [1.165, 1.54) is 0 Å². The summed E-state index contributed by atoms with van der Waals surface area (Å²) in [5, 5.41) is 3.60. The highest BCUT2D eigenvalue weighted by molar-refractivity contribution is 6.31. The predicted molar refractivity (Wildman–Crippen MR) is 51.8 cm³/mol. The quantitative estimate of drug-likeness (QED) is 0.575. The number of nitrogens with zero attached hydrogens (tertiary/aromatic N) is 2. The van der Waals surface area contributed by atoms with Gasteiger partial charge in [-0.05, 0) is 0 Å². The van der Waals surface area contributed by atoms with Crippen LogP contribution in [0, 0.1) is 0 Å². The molecule has 0 bridgehead atoms. The fourth-order valence-corrected chi connectivity index (χ4v) is 1.55. The van der Waals surface area contributed by atoms with Crippen LogP contribution < -0.4 is 5.32 Å². The van der Waals surface area contributed by atoms with Crippen molar-refractivity contribution in [3.05, 3.63) is 11.2 Å². The summed E-state index contributed by atoms with van der Waals surface area (Å²) in [5.74, 6) is 0.965. The third kappa shape index (κ3) is 2.14. The first-order chi connectivity index (χ1) is 6.36. The number of hydrogen-bond acceptors (Lipinski definition) is 4. The van der Waals surface area contributed by atoms with Crippen LogP contribution in [0.3, 0.4) is 0 Å². The summed E-state index contributed by atoms with van der Waals surface area (Å²) in [4.78, 5) is 6.51. The van der Waals surface area contributed by atoms with E-state index in [1.807, 2.05) is 6.08 Å². The van der Waals surface area contributed by atoms with Crippen molar-refractivity contribution in [2.24, 2.45) is 4.99 Å². The van der Waals surface area contributed by atoms with Crippen LogP contribution in [0.1, 0.15) is 0 Å². The minimum absolute atomic E-state index is 0.571. The molecule has 5 heteroatoms. The first-order valence-electron chi connectivity index (χ1n) is 4.34.